The number of carboxylic acids is 2. The number of fused-ring (bicyclic) bond motifs is 3. The quantitative estimate of drug-likeness (QED) is 0.740. The number of rotatable bonds is 5. The maximum absolute atomic E-state index is 11.6. The number of aromatic carboxylic acids is 1. The molecule has 1 aliphatic carbocycles. The summed E-state index contributed by atoms with van der Waals surface area (Å²) in [6, 6.07) is 1.84. The first-order valence-corrected chi connectivity index (χ1v) is 8.15. The molecule has 0 aliphatic heterocycles. The zero-order chi connectivity index (χ0) is 20.9. The SMILES string of the molecule is O=C(O)CCCn1nc2c(c1C(=O)O)CCc1cnccc1-2.O=CC(F)(F)F. The van der Waals surface area contributed by atoms with E-state index in [2.05, 4.69) is 10.1 Å². The molecule has 2 N–H and O–H groups in total. The van der Waals surface area contributed by atoms with Crippen LogP contribution in [0.1, 0.15) is 34.5 Å². The van der Waals surface area contributed by atoms with Crippen molar-refractivity contribution in [1.82, 2.24) is 14.8 Å². The maximum Gasteiger partial charge on any atom is 0.446 e. The third-order valence-electron chi connectivity index (χ3n) is 3.95. The van der Waals surface area contributed by atoms with Gasteiger partial charge in [0.25, 0.3) is 0 Å². The van der Waals surface area contributed by atoms with Gasteiger partial charge in [-0.2, -0.15) is 18.3 Å². The number of aldehydes is 1. The van der Waals surface area contributed by atoms with Crippen LogP contribution in [0.25, 0.3) is 11.3 Å². The van der Waals surface area contributed by atoms with Crippen molar-refractivity contribution >= 4 is 18.2 Å². The molecule has 0 saturated heterocycles. The molecule has 11 heteroatoms. The van der Waals surface area contributed by atoms with Crippen molar-refractivity contribution in [2.24, 2.45) is 0 Å². The van der Waals surface area contributed by atoms with E-state index in [-0.39, 0.29) is 18.7 Å². The number of pyridine rings is 1. The molecule has 0 fully saturated rings. The van der Waals surface area contributed by atoms with Gasteiger partial charge >= 0.3 is 18.1 Å². The highest BCUT2D eigenvalue weighted by Gasteiger charge is 2.28. The Hall–Kier alpha value is -3.24. The van der Waals surface area contributed by atoms with Crippen LogP contribution in [0.4, 0.5) is 13.2 Å². The number of halogens is 3. The molecule has 28 heavy (non-hydrogen) atoms. The van der Waals surface area contributed by atoms with E-state index in [0.717, 1.165) is 23.1 Å². The van der Waals surface area contributed by atoms with Gasteiger partial charge in [-0.1, -0.05) is 0 Å². The van der Waals surface area contributed by atoms with Crippen LogP contribution in [0.2, 0.25) is 0 Å². The lowest BCUT2D eigenvalue weighted by Crippen LogP contribution is -2.13. The third kappa shape index (κ3) is 5.15. The smallest absolute Gasteiger partial charge is 0.446 e. The van der Waals surface area contributed by atoms with Crippen LogP contribution in [0.15, 0.2) is 18.5 Å². The van der Waals surface area contributed by atoms with Crippen molar-refractivity contribution < 1.29 is 37.8 Å². The number of aromatic nitrogens is 3. The molecule has 2 aromatic heterocycles. The highest BCUT2D eigenvalue weighted by molar-refractivity contribution is 5.90. The second-order valence-electron chi connectivity index (χ2n) is 5.89. The van der Waals surface area contributed by atoms with Crippen LogP contribution in [0.5, 0.6) is 0 Å². The third-order valence-corrected chi connectivity index (χ3v) is 3.95. The summed E-state index contributed by atoms with van der Waals surface area (Å²) in [5, 5.41) is 22.6. The van der Waals surface area contributed by atoms with E-state index in [0.29, 0.717) is 18.5 Å². The van der Waals surface area contributed by atoms with Crippen LogP contribution < -0.4 is 0 Å². The normalized spacial score (nSPS) is 12.2. The predicted octanol–water partition coefficient (Wildman–Crippen LogP) is 2.35. The van der Waals surface area contributed by atoms with Gasteiger partial charge in [0.15, 0.2) is 0 Å². The van der Waals surface area contributed by atoms with Crippen molar-refractivity contribution in [1.29, 1.82) is 0 Å². The summed E-state index contributed by atoms with van der Waals surface area (Å²) >= 11 is 0. The molecule has 0 unspecified atom stereocenters. The Kier molecular flexibility index (Phi) is 6.49. The van der Waals surface area contributed by atoms with Crippen molar-refractivity contribution in [2.45, 2.75) is 38.4 Å². The second kappa shape index (κ2) is 8.63. The minimum atomic E-state index is -4.64. The molecule has 150 valence electrons. The van der Waals surface area contributed by atoms with E-state index in [1.807, 2.05) is 6.07 Å². The van der Waals surface area contributed by atoms with Crippen molar-refractivity contribution in [3.8, 4) is 11.3 Å². The lowest BCUT2D eigenvalue weighted by molar-refractivity contribution is -0.156. The Morgan fingerprint density at radius 3 is 2.50 bits per heavy atom. The topological polar surface area (TPSA) is 122 Å². The summed E-state index contributed by atoms with van der Waals surface area (Å²) in [4.78, 5) is 35.0. The number of aliphatic carboxylic acids is 1. The molecule has 2 heterocycles. The van der Waals surface area contributed by atoms with Gasteiger partial charge < -0.3 is 10.2 Å². The zero-order valence-corrected chi connectivity index (χ0v) is 14.4. The van der Waals surface area contributed by atoms with Gasteiger partial charge in [0.1, 0.15) is 5.69 Å². The fourth-order valence-electron chi connectivity index (χ4n) is 2.85. The number of hydrogen-bond acceptors (Lipinski definition) is 5. The van der Waals surface area contributed by atoms with E-state index in [4.69, 9.17) is 9.90 Å². The molecule has 3 rings (SSSR count). The van der Waals surface area contributed by atoms with Gasteiger partial charge in [-0.25, -0.2) is 4.79 Å². The Labute approximate surface area is 156 Å². The highest BCUT2D eigenvalue weighted by Crippen LogP contribution is 2.34. The largest absolute Gasteiger partial charge is 0.481 e. The number of nitrogens with zero attached hydrogens (tertiary/aromatic N) is 3. The second-order valence-corrected chi connectivity index (χ2v) is 5.89. The van der Waals surface area contributed by atoms with Gasteiger partial charge in [0.2, 0.25) is 6.29 Å². The van der Waals surface area contributed by atoms with Crippen molar-refractivity contribution in [2.75, 3.05) is 0 Å². The lowest BCUT2D eigenvalue weighted by atomic mass is 9.90. The molecule has 8 nitrogen and oxygen atoms in total. The minimum Gasteiger partial charge on any atom is -0.481 e. The van der Waals surface area contributed by atoms with E-state index in [1.165, 1.54) is 4.68 Å². The monoisotopic (exact) mass is 399 g/mol. The van der Waals surface area contributed by atoms with Crippen LogP contribution in [-0.4, -0.2) is 49.4 Å². The first-order chi connectivity index (χ1) is 13.1. The molecular weight excluding hydrogens is 383 g/mol. The fraction of sp³-hybridized carbons (Fsp3) is 0.353. The Morgan fingerprint density at radius 1 is 1.25 bits per heavy atom. The first-order valence-electron chi connectivity index (χ1n) is 8.15. The number of hydrogen-bond donors (Lipinski definition) is 2. The molecule has 2 aromatic rings. The first kappa shape index (κ1) is 21.1. The Balaban J connectivity index is 0.000000409. The summed E-state index contributed by atoms with van der Waals surface area (Å²) in [5.74, 6) is -1.92. The number of aryl methyl sites for hydroxylation is 2. The Bertz CT molecular complexity index is 893. The summed E-state index contributed by atoms with van der Waals surface area (Å²) < 4.78 is 32.7. The maximum atomic E-state index is 11.6. The molecule has 0 bridgehead atoms. The number of carbonyl (C=O) groups excluding carboxylic acids is 1. The van der Waals surface area contributed by atoms with E-state index < -0.39 is 24.4 Å². The van der Waals surface area contributed by atoms with Crippen molar-refractivity contribution in [3.63, 3.8) is 0 Å². The fourth-order valence-corrected chi connectivity index (χ4v) is 2.85. The van der Waals surface area contributed by atoms with Gasteiger partial charge in [-0.05, 0) is 30.9 Å². The van der Waals surface area contributed by atoms with Gasteiger partial charge in [0.05, 0.1) is 5.69 Å². The highest BCUT2D eigenvalue weighted by atomic mass is 19.4. The lowest BCUT2D eigenvalue weighted by Gasteiger charge is -2.14. The molecule has 0 saturated carbocycles. The van der Waals surface area contributed by atoms with Crippen LogP contribution in [-0.2, 0) is 29.0 Å². The number of alkyl halides is 3. The standard InChI is InChI=1S/C15H15N3O4.C2HF3O/c19-12(20)2-1-7-18-14(15(21)22)11-4-3-9-8-16-6-5-10(9)13(11)17-18;3-2(4,5)1-6/h5-6,8H,1-4,7H2,(H,19,20)(H,21,22);1H. The van der Waals surface area contributed by atoms with E-state index in [9.17, 15) is 27.9 Å². The van der Waals surface area contributed by atoms with Gasteiger partial charge in [-0.15, -0.1) is 0 Å². The number of carboxylic acid groups (broad SMARTS) is 2. The average Bonchev–Trinajstić information content (AvgIpc) is 3.00. The summed E-state index contributed by atoms with van der Waals surface area (Å²) in [6.07, 6.45) is -0.581. The van der Waals surface area contributed by atoms with Gasteiger partial charge in [-0.3, -0.25) is 19.3 Å². The molecule has 1 aliphatic rings. The zero-order valence-electron chi connectivity index (χ0n) is 14.4. The number of carbonyl (C=O) groups is 3. The molecular formula is C17H16F3N3O5. The van der Waals surface area contributed by atoms with Crippen molar-refractivity contribution in [3.05, 3.63) is 35.3 Å². The minimum absolute atomic E-state index is 0.00983. The molecule has 0 amide bonds. The van der Waals surface area contributed by atoms with Crippen LogP contribution in [0.3, 0.4) is 0 Å². The molecule has 0 aromatic carbocycles. The van der Waals surface area contributed by atoms with Gasteiger partial charge in [0, 0.05) is 36.5 Å². The Morgan fingerprint density at radius 2 is 1.93 bits per heavy atom. The summed E-state index contributed by atoms with van der Waals surface area (Å²) in [6.45, 7) is 0.279. The predicted molar refractivity (Wildman–Crippen MR) is 88.8 cm³/mol. The van der Waals surface area contributed by atoms with E-state index >= 15 is 0 Å². The molecule has 0 atom stereocenters. The van der Waals surface area contributed by atoms with E-state index in [1.54, 1.807) is 12.4 Å². The average molecular weight is 399 g/mol. The van der Waals surface area contributed by atoms with Crippen LogP contribution in [0, 0.1) is 0 Å². The molecule has 0 radical (unpaired) electrons. The summed E-state index contributed by atoms with van der Waals surface area (Å²) in [7, 11) is 0. The summed E-state index contributed by atoms with van der Waals surface area (Å²) in [5.41, 5.74) is 3.54. The molecule has 0 spiro atoms. The van der Waals surface area contributed by atoms with Crippen LogP contribution >= 0.6 is 0 Å².